The van der Waals surface area contributed by atoms with Crippen molar-refractivity contribution in [2.24, 2.45) is 0 Å². The van der Waals surface area contributed by atoms with Crippen LogP contribution in [0.3, 0.4) is 0 Å². The Bertz CT molecular complexity index is 1560. The highest BCUT2D eigenvalue weighted by atomic mass is 16.2. The molecule has 1 N–H and O–H groups in total. The van der Waals surface area contributed by atoms with Crippen molar-refractivity contribution in [3.8, 4) is 22.6 Å². The molecule has 1 unspecified atom stereocenters. The van der Waals surface area contributed by atoms with Crippen LogP contribution < -0.4 is 5.32 Å². The maximum atomic E-state index is 12.6. The summed E-state index contributed by atoms with van der Waals surface area (Å²) in [5.41, 5.74) is 6.78. The third-order valence-corrected chi connectivity index (χ3v) is 6.42. The Morgan fingerprint density at radius 2 is 1.77 bits per heavy atom. The van der Waals surface area contributed by atoms with Crippen molar-refractivity contribution in [3.63, 3.8) is 0 Å². The maximum Gasteiger partial charge on any atom is 0.252 e. The van der Waals surface area contributed by atoms with Crippen LogP contribution in [-0.2, 0) is 13.0 Å². The number of fused-ring (bicyclic) bond motifs is 2. The molecule has 0 radical (unpaired) electrons. The summed E-state index contributed by atoms with van der Waals surface area (Å²) >= 11 is 0. The van der Waals surface area contributed by atoms with Gasteiger partial charge in [-0.1, -0.05) is 36.4 Å². The van der Waals surface area contributed by atoms with Crippen LogP contribution in [0.25, 0.3) is 33.8 Å². The molecule has 1 atom stereocenters. The average Bonchev–Trinajstić information content (AvgIpc) is 3.42. The summed E-state index contributed by atoms with van der Waals surface area (Å²) in [6.45, 7) is 4.61. The zero-order valence-electron chi connectivity index (χ0n) is 19.4. The van der Waals surface area contributed by atoms with Crippen molar-refractivity contribution in [3.05, 3.63) is 89.8 Å². The van der Waals surface area contributed by atoms with E-state index < -0.39 is 0 Å². The first-order valence-electron chi connectivity index (χ1n) is 11.6. The Morgan fingerprint density at radius 1 is 0.971 bits per heavy atom. The van der Waals surface area contributed by atoms with Crippen LogP contribution in [0.5, 0.6) is 0 Å². The van der Waals surface area contributed by atoms with E-state index in [1.807, 2.05) is 41.8 Å². The normalized spacial score (nSPS) is 14.8. The van der Waals surface area contributed by atoms with Crippen molar-refractivity contribution in [2.75, 3.05) is 0 Å². The first kappa shape index (κ1) is 21.1. The van der Waals surface area contributed by atoms with Gasteiger partial charge in [0, 0.05) is 30.1 Å². The number of carbonyl (C=O) groups is 1. The first-order valence-corrected chi connectivity index (χ1v) is 11.6. The predicted octanol–water partition coefficient (Wildman–Crippen LogP) is 4.31. The summed E-state index contributed by atoms with van der Waals surface area (Å²) in [4.78, 5) is 35.4. The topological polar surface area (TPSA) is 98.5 Å². The number of imidazole rings is 1. The van der Waals surface area contributed by atoms with Gasteiger partial charge in [-0.05, 0) is 43.5 Å². The molecule has 6 rings (SSSR count). The summed E-state index contributed by atoms with van der Waals surface area (Å²) in [5.74, 6) is 1.42. The molecule has 8 nitrogen and oxygen atoms in total. The molecular weight excluding hydrogens is 438 g/mol. The Kier molecular flexibility index (Phi) is 5.06. The van der Waals surface area contributed by atoms with Gasteiger partial charge in [0.05, 0.1) is 11.6 Å². The largest absolute Gasteiger partial charge is 0.345 e. The zero-order chi connectivity index (χ0) is 23.9. The van der Waals surface area contributed by atoms with Crippen molar-refractivity contribution in [1.82, 2.24) is 34.8 Å². The molecule has 2 aromatic carbocycles. The minimum absolute atomic E-state index is 0.0442. The third-order valence-electron chi connectivity index (χ3n) is 6.42. The zero-order valence-corrected chi connectivity index (χ0v) is 19.4. The van der Waals surface area contributed by atoms with Gasteiger partial charge >= 0.3 is 0 Å². The number of nitrogens with zero attached hydrogens (tertiary/aromatic N) is 6. The van der Waals surface area contributed by atoms with E-state index in [0.29, 0.717) is 23.4 Å². The second-order valence-corrected chi connectivity index (χ2v) is 8.61. The fourth-order valence-corrected chi connectivity index (χ4v) is 4.71. The van der Waals surface area contributed by atoms with Gasteiger partial charge in [0.2, 0.25) is 0 Å². The van der Waals surface area contributed by atoms with Crippen LogP contribution in [0.15, 0.2) is 67.3 Å². The number of aromatic nitrogens is 6. The van der Waals surface area contributed by atoms with Gasteiger partial charge in [-0.25, -0.2) is 24.9 Å². The Hall–Kier alpha value is -4.46. The van der Waals surface area contributed by atoms with Gasteiger partial charge in [-0.3, -0.25) is 4.79 Å². The number of rotatable bonds is 5. The number of nitrogens with one attached hydrogen (secondary N) is 1. The predicted molar refractivity (Wildman–Crippen MR) is 133 cm³/mol. The fraction of sp³-hybridized carbons (Fsp3) is 0.185. The summed E-state index contributed by atoms with van der Waals surface area (Å²) in [7, 11) is 0. The standard InChI is InChI=1S/C27H23N7O/c1-3-34-25(19-13-28-16(2)29-14-19)33-24-23(30-15-31-26(24)34)18-9-10-20-21(12-18)22(32-27(20)35)11-17-7-5-4-6-8-17/h4-10,12-15,22H,3,11H2,1-2H3,(H,32,35). The van der Waals surface area contributed by atoms with E-state index in [1.165, 1.54) is 5.56 Å². The van der Waals surface area contributed by atoms with E-state index in [9.17, 15) is 4.79 Å². The lowest BCUT2D eigenvalue weighted by Crippen LogP contribution is -2.20. The lowest BCUT2D eigenvalue weighted by molar-refractivity contribution is 0.0956. The van der Waals surface area contributed by atoms with Gasteiger partial charge in [0.1, 0.15) is 29.2 Å². The highest BCUT2D eigenvalue weighted by Gasteiger charge is 2.29. The van der Waals surface area contributed by atoms with Crippen molar-refractivity contribution in [2.45, 2.75) is 32.9 Å². The molecule has 0 saturated carbocycles. The molecule has 0 saturated heterocycles. The number of amides is 1. The van der Waals surface area contributed by atoms with E-state index in [4.69, 9.17) is 4.98 Å². The van der Waals surface area contributed by atoms with E-state index in [1.54, 1.807) is 18.7 Å². The maximum absolute atomic E-state index is 12.6. The fourth-order valence-electron chi connectivity index (χ4n) is 4.71. The van der Waals surface area contributed by atoms with Crippen LogP contribution in [0.2, 0.25) is 0 Å². The summed E-state index contributed by atoms with van der Waals surface area (Å²) in [6, 6.07) is 16.0. The molecule has 1 amide bonds. The lowest BCUT2D eigenvalue weighted by atomic mass is 9.95. The number of hydrogen-bond acceptors (Lipinski definition) is 6. The van der Waals surface area contributed by atoms with Crippen molar-refractivity contribution in [1.29, 1.82) is 0 Å². The van der Waals surface area contributed by atoms with Crippen LogP contribution in [0, 0.1) is 6.92 Å². The van der Waals surface area contributed by atoms with Crippen LogP contribution in [0.4, 0.5) is 0 Å². The SMILES string of the molecule is CCn1c(-c2cnc(C)nc2)nc2c(-c3ccc4c(c3)C(Cc3ccccc3)NC4=O)ncnc21. The van der Waals surface area contributed by atoms with E-state index in [-0.39, 0.29) is 11.9 Å². The minimum Gasteiger partial charge on any atom is -0.345 e. The molecule has 0 spiro atoms. The summed E-state index contributed by atoms with van der Waals surface area (Å²) < 4.78 is 2.05. The van der Waals surface area contributed by atoms with E-state index in [2.05, 4.69) is 50.4 Å². The number of carbonyl (C=O) groups excluding carboxylic acids is 1. The smallest absolute Gasteiger partial charge is 0.252 e. The molecule has 0 aliphatic carbocycles. The molecule has 172 valence electrons. The lowest BCUT2D eigenvalue weighted by Gasteiger charge is -2.13. The van der Waals surface area contributed by atoms with Gasteiger partial charge in [0.15, 0.2) is 5.65 Å². The van der Waals surface area contributed by atoms with Gasteiger partial charge in [-0.2, -0.15) is 0 Å². The highest BCUT2D eigenvalue weighted by molar-refractivity contribution is 6.00. The Balaban J connectivity index is 1.46. The highest BCUT2D eigenvalue weighted by Crippen LogP contribution is 2.34. The summed E-state index contributed by atoms with van der Waals surface area (Å²) in [6.07, 6.45) is 5.86. The molecular formula is C27H23N7O. The molecule has 1 aliphatic heterocycles. The molecule has 3 aromatic heterocycles. The first-order chi connectivity index (χ1) is 17.1. The van der Waals surface area contributed by atoms with Crippen LogP contribution in [0.1, 0.15) is 40.3 Å². The Morgan fingerprint density at radius 3 is 2.54 bits per heavy atom. The van der Waals surface area contributed by atoms with Gasteiger partial charge in [0.25, 0.3) is 5.91 Å². The third kappa shape index (κ3) is 3.63. The van der Waals surface area contributed by atoms with Gasteiger partial charge < -0.3 is 9.88 Å². The van der Waals surface area contributed by atoms with Crippen molar-refractivity contribution >= 4 is 17.1 Å². The van der Waals surface area contributed by atoms with Gasteiger partial charge in [-0.15, -0.1) is 0 Å². The van der Waals surface area contributed by atoms with E-state index in [0.717, 1.165) is 40.3 Å². The second kappa shape index (κ2) is 8.39. The molecule has 1 aliphatic rings. The van der Waals surface area contributed by atoms with Crippen molar-refractivity contribution < 1.29 is 4.79 Å². The van der Waals surface area contributed by atoms with Crippen LogP contribution >= 0.6 is 0 Å². The van der Waals surface area contributed by atoms with Crippen LogP contribution in [-0.4, -0.2) is 35.4 Å². The monoisotopic (exact) mass is 461 g/mol. The number of hydrogen-bond donors (Lipinski definition) is 1. The second-order valence-electron chi connectivity index (χ2n) is 8.61. The number of benzene rings is 2. The molecule has 8 heteroatoms. The van der Waals surface area contributed by atoms with E-state index >= 15 is 0 Å². The molecule has 35 heavy (non-hydrogen) atoms. The molecule has 0 fully saturated rings. The minimum atomic E-state index is -0.0920. The average molecular weight is 462 g/mol. The Labute approximate surface area is 202 Å². The summed E-state index contributed by atoms with van der Waals surface area (Å²) in [5, 5.41) is 3.13. The molecule has 5 aromatic rings. The number of aryl methyl sites for hydroxylation is 2. The molecule has 0 bridgehead atoms. The quantitative estimate of drug-likeness (QED) is 0.419. The molecule has 4 heterocycles.